The van der Waals surface area contributed by atoms with Gasteiger partial charge in [0.15, 0.2) is 11.5 Å². The molecule has 7 heteroatoms. The minimum atomic E-state index is -0.00286. The van der Waals surface area contributed by atoms with Crippen molar-refractivity contribution in [3.8, 4) is 21.8 Å². The number of anilines is 1. The van der Waals surface area contributed by atoms with Gasteiger partial charge in [0.2, 0.25) is 0 Å². The second-order valence-electron chi connectivity index (χ2n) is 8.82. The average molecular weight is 446 g/mol. The van der Waals surface area contributed by atoms with Crippen molar-refractivity contribution in [1.82, 2.24) is 19.7 Å². The summed E-state index contributed by atoms with van der Waals surface area (Å²) < 4.78 is 2.10. The smallest absolute Gasteiger partial charge is 0.251 e. The first kappa shape index (κ1) is 20.7. The van der Waals surface area contributed by atoms with Gasteiger partial charge in [-0.15, -0.1) is 11.3 Å². The summed E-state index contributed by atoms with van der Waals surface area (Å²) in [5.41, 5.74) is 4.38. The summed E-state index contributed by atoms with van der Waals surface area (Å²) in [4.78, 5) is 24.3. The third-order valence-corrected chi connectivity index (χ3v) is 6.54. The Morgan fingerprint density at radius 3 is 2.62 bits per heavy atom. The number of aromatic nitrogens is 3. The van der Waals surface area contributed by atoms with E-state index in [0.29, 0.717) is 17.5 Å². The van der Waals surface area contributed by atoms with E-state index in [1.54, 1.807) is 11.3 Å². The summed E-state index contributed by atoms with van der Waals surface area (Å²) >= 11 is 1.73. The fourth-order valence-electron chi connectivity index (χ4n) is 3.60. The number of carbonyl (C=O) groups is 1. The van der Waals surface area contributed by atoms with E-state index in [0.717, 1.165) is 52.7 Å². The van der Waals surface area contributed by atoms with Gasteiger partial charge in [0.25, 0.3) is 5.91 Å². The summed E-state index contributed by atoms with van der Waals surface area (Å²) in [5, 5.41) is 6.51. The maximum atomic E-state index is 12.3. The maximum Gasteiger partial charge on any atom is 0.251 e. The van der Waals surface area contributed by atoms with E-state index in [-0.39, 0.29) is 5.91 Å². The standard InChI is InChI=1S/C25H27N5OS/c1-15(2)12-26-23-24-27-13-21(30(24)14-20(29-23)22-11-4-16(3)32-22)17-5-7-18(8-6-17)25(31)28-19-9-10-19/h4-8,11,13-15,19H,9-10,12H2,1-3H3,(H,26,29)(H,28,31). The molecule has 0 aliphatic heterocycles. The van der Waals surface area contributed by atoms with Gasteiger partial charge in [0, 0.05) is 34.8 Å². The van der Waals surface area contributed by atoms with Crippen molar-refractivity contribution < 1.29 is 4.79 Å². The third kappa shape index (κ3) is 4.25. The van der Waals surface area contributed by atoms with Crippen molar-refractivity contribution in [3.05, 3.63) is 59.2 Å². The number of carbonyl (C=O) groups excluding carboxylic acids is 1. The second kappa shape index (κ2) is 8.39. The Bertz CT molecular complexity index is 1270. The highest BCUT2D eigenvalue weighted by atomic mass is 32.1. The number of thiophene rings is 1. The summed E-state index contributed by atoms with van der Waals surface area (Å²) in [7, 11) is 0. The highest BCUT2D eigenvalue weighted by Gasteiger charge is 2.23. The molecule has 1 fully saturated rings. The van der Waals surface area contributed by atoms with Gasteiger partial charge in [0.1, 0.15) is 0 Å². The molecule has 3 aromatic heterocycles. The maximum absolute atomic E-state index is 12.3. The fourth-order valence-corrected chi connectivity index (χ4v) is 4.42. The molecule has 2 N–H and O–H groups in total. The normalized spacial score (nSPS) is 13.6. The molecule has 32 heavy (non-hydrogen) atoms. The Morgan fingerprint density at radius 2 is 1.97 bits per heavy atom. The van der Waals surface area contributed by atoms with Gasteiger partial charge >= 0.3 is 0 Å². The van der Waals surface area contributed by atoms with Crippen LogP contribution in [0.5, 0.6) is 0 Å². The number of nitrogens with one attached hydrogen (secondary N) is 2. The summed E-state index contributed by atoms with van der Waals surface area (Å²) in [6.07, 6.45) is 6.09. The molecule has 1 aliphatic rings. The van der Waals surface area contributed by atoms with Crippen LogP contribution in [0.1, 0.15) is 41.9 Å². The Kier molecular flexibility index (Phi) is 5.43. The fraction of sp³-hybridized carbons (Fsp3) is 0.320. The van der Waals surface area contributed by atoms with Crippen molar-refractivity contribution in [1.29, 1.82) is 0 Å². The predicted octanol–water partition coefficient (Wildman–Crippen LogP) is 5.39. The minimum absolute atomic E-state index is 0.00286. The predicted molar refractivity (Wildman–Crippen MR) is 130 cm³/mol. The highest BCUT2D eigenvalue weighted by molar-refractivity contribution is 7.15. The first-order chi connectivity index (χ1) is 15.5. The number of nitrogens with zero attached hydrogens (tertiary/aromatic N) is 3. The summed E-state index contributed by atoms with van der Waals surface area (Å²) in [6.45, 7) is 7.28. The Labute approximate surface area is 191 Å². The van der Waals surface area contributed by atoms with Gasteiger partial charge in [0.05, 0.1) is 22.5 Å². The Morgan fingerprint density at radius 1 is 1.19 bits per heavy atom. The quantitative estimate of drug-likeness (QED) is 0.400. The van der Waals surface area contributed by atoms with Gasteiger partial charge in [-0.25, -0.2) is 9.97 Å². The lowest BCUT2D eigenvalue weighted by atomic mass is 10.1. The molecule has 1 aliphatic carbocycles. The van der Waals surface area contributed by atoms with Gasteiger partial charge in [-0.05, 0) is 49.9 Å². The van der Waals surface area contributed by atoms with Crippen LogP contribution in [0.15, 0.2) is 48.8 Å². The van der Waals surface area contributed by atoms with E-state index in [1.807, 2.05) is 30.5 Å². The first-order valence-electron chi connectivity index (χ1n) is 11.1. The molecule has 3 heterocycles. The number of amides is 1. The van der Waals surface area contributed by atoms with Crippen molar-refractivity contribution in [2.45, 2.75) is 39.7 Å². The van der Waals surface area contributed by atoms with Crippen molar-refractivity contribution >= 4 is 28.7 Å². The van der Waals surface area contributed by atoms with Crippen molar-refractivity contribution in [2.75, 3.05) is 11.9 Å². The molecule has 1 saturated carbocycles. The Balaban J connectivity index is 1.54. The molecular formula is C25H27N5OS. The molecule has 0 bridgehead atoms. The highest BCUT2D eigenvalue weighted by Crippen LogP contribution is 2.31. The molecule has 1 aromatic carbocycles. The number of hydrogen-bond acceptors (Lipinski definition) is 5. The summed E-state index contributed by atoms with van der Waals surface area (Å²) in [5.74, 6) is 1.28. The van der Waals surface area contributed by atoms with Crippen molar-refractivity contribution in [3.63, 3.8) is 0 Å². The van der Waals surface area contributed by atoms with Crippen LogP contribution >= 0.6 is 11.3 Å². The molecule has 5 rings (SSSR count). The first-order valence-corrected chi connectivity index (χ1v) is 11.9. The molecule has 0 atom stereocenters. The van der Waals surface area contributed by atoms with E-state index in [2.05, 4.69) is 59.1 Å². The number of aryl methyl sites for hydroxylation is 1. The van der Waals surface area contributed by atoms with Crippen LogP contribution in [0.3, 0.4) is 0 Å². The number of imidazole rings is 1. The summed E-state index contributed by atoms with van der Waals surface area (Å²) in [6, 6.07) is 12.3. The van der Waals surface area contributed by atoms with Gasteiger partial charge in [-0.2, -0.15) is 0 Å². The van der Waals surface area contributed by atoms with E-state index in [9.17, 15) is 4.79 Å². The van der Waals surface area contributed by atoms with Gasteiger partial charge in [-0.3, -0.25) is 9.20 Å². The lowest BCUT2D eigenvalue weighted by molar-refractivity contribution is 0.0951. The lowest BCUT2D eigenvalue weighted by Gasteiger charge is -2.12. The van der Waals surface area contributed by atoms with E-state index < -0.39 is 0 Å². The van der Waals surface area contributed by atoms with Crippen LogP contribution in [0, 0.1) is 12.8 Å². The van der Waals surface area contributed by atoms with E-state index >= 15 is 0 Å². The molecule has 1 amide bonds. The zero-order valence-corrected chi connectivity index (χ0v) is 19.4. The van der Waals surface area contributed by atoms with E-state index in [1.165, 1.54) is 4.88 Å². The lowest BCUT2D eigenvalue weighted by Crippen LogP contribution is -2.25. The van der Waals surface area contributed by atoms with Crippen LogP contribution in [0.25, 0.3) is 27.5 Å². The number of hydrogen-bond donors (Lipinski definition) is 2. The molecule has 0 unspecified atom stereocenters. The van der Waals surface area contributed by atoms with Crippen LogP contribution in [-0.4, -0.2) is 32.9 Å². The third-order valence-electron chi connectivity index (χ3n) is 5.52. The minimum Gasteiger partial charge on any atom is -0.367 e. The number of fused-ring (bicyclic) bond motifs is 1. The van der Waals surface area contributed by atoms with Crippen LogP contribution in [0.2, 0.25) is 0 Å². The topological polar surface area (TPSA) is 71.3 Å². The molecule has 0 radical (unpaired) electrons. The van der Waals surface area contributed by atoms with Gasteiger partial charge < -0.3 is 10.6 Å². The second-order valence-corrected chi connectivity index (χ2v) is 10.1. The number of benzene rings is 1. The molecule has 164 valence electrons. The van der Waals surface area contributed by atoms with Crippen LogP contribution in [0.4, 0.5) is 5.82 Å². The molecule has 6 nitrogen and oxygen atoms in total. The van der Waals surface area contributed by atoms with Gasteiger partial charge in [-0.1, -0.05) is 26.0 Å². The molecular weight excluding hydrogens is 418 g/mol. The zero-order valence-electron chi connectivity index (χ0n) is 18.6. The molecule has 0 saturated heterocycles. The number of rotatable bonds is 7. The monoisotopic (exact) mass is 445 g/mol. The average Bonchev–Trinajstić information content (AvgIpc) is 3.31. The molecule has 0 spiro atoms. The Hall–Kier alpha value is -3.19. The largest absolute Gasteiger partial charge is 0.367 e. The van der Waals surface area contributed by atoms with E-state index in [4.69, 9.17) is 4.98 Å². The van der Waals surface area contributed by atoms with Crippen molar-refractivity contribution in [2.24, 2.45) is 5.92 Å². The van der Waals surface area contributed by atoms with Crippen LogP contribution < -0.4 is 10.6 Å². The SMILES string of the molecule is Cc1ccc(-c2cn3c(-c4ccc(C(=O)NC5CC5)cc4)cnc3c(NCC(C)C)n2)s1. The zero-order chi connectivity index (χ0) is 22.2. The molecule has 4 aromatic rings. The van der Waals surface area contributed by atoms with Crippen LogP contribution in [-0.2, 0) is 0 Å².